The number of hydrogen-bond donors (Lipinski definition) is 1. The van der Waals surface area contributed by atoms with Gasteiger partial charge in [-0.3, -0.25) is 0 Å². The lowest BCUT2D eigenvalue weighted by Gasteiger charge is -1.98. The van der Waals surface area contributed by atoms with Crippen LogP contribution in [0.4, 0.5) is 0 Å². The Morgan fingerprint density at radius 3 is 2.63 bits per heavy atom. The second-order valence-corrected chi connectivity index (χ2v) is 5.04. The van der Waals surface area contributed by atoms with Gasteiger partial charge in [-0.2, -0.15) is 5.26 Å². The van der Waals surface area contributed by atoms with Gasteiger partial charge in [0.15, 0.2) is 0 Å². The van der Waals surface area contributed by atoms with Crippen molar-refractivity contribution in [2.45, 2.75) is 4.90 Å². The molecule has 0 amide bonds. The van der Waals surface area contributed by atoms with Crippen molar-refractivity contribution in [3.8, 4) is 17.5 Å². The molecule has 1 aromatic heterocycles. The van der Waals surface area contributed by atoms with Crippen molar-refractivity contribution in [3.63, 3.8) is 0 Å². The van der Waals surface area contributed by atoms with Gasteiger partial charge in [-0.05, 0) is 36.6 Å². The topological polar surface area (TPSA) is 52.5 Å². The van der Waals surface area contributed by atoms with Crippen molar-refractivity contribution >= 4 is 22.8 Å². The zero-order valence-electron chi connectivity index (χ0n) is 10.3. The first-order valence-electron chi connectivity index (χ1n) is 5.84. The van der Waals surface area contributed by atoms with Crippen LogP contribution in [-0.2, 0) is 0 Å². The molecule has 0 spiro atoms. The fourth-order valence-corrected chi connectivity index (χ4v) is 2.37. The lowest BCUT2D eigenvalue weighted by atomic mass is 10.2. The van der Waals surface area contributed by atoms with Gasteiger partial charge < -0.3 is 4.98 Å². The molecule has 0 saturated heterocycles. The van der Waals surface area contributed by atoms with Crippen LogP contribution in [0.15, 0.2) is 47.4 Å². The summed E-state index contributed by atoms with van der Waals surface area (Å²) in [6.45, 7) is 0. The number of aromatic amines is 1. The molecule has 3 nitrogen and oxygen atoms in total. The summed E-state index contributed by atoms with van der Waals surface area (Å²) in [4.78, 5) is 9.03. The molecule has 0 atom stereocenters. The minimum atomic E-state index is 0.639. The van der Waals surface area contributed by atoms with Crippen LogP contribution in [0, 0.1) is 11.3 Å². The summed E-state index contributed by atoms with van der Waals surface area (Å²) in [5.41, 5.74) is 3.46. The van der Waals surface area contributed by atoms with E-state index in [0.29, 0.717) is 5.56 Å². The van der Waals surface area contributed by atoms with Crippen LogP contribution >= 0.6 is 11.8 Å². The highest BCUT2D eigenvalue weighted by molar-refractivity contribution is 7.98. The average molecular weight is 265 g/mol. The van der Waals surface area contributed by atoms with E-state index in [9.17, 15) is 0 Å². The Morgan fingerprint density at radius 2 is 1.95 bits per heavy atom. The van der Waals surface area contributed by atoms with Gasteiger partial charge in [0, 0.05) is 10.5 Å². The number of fused-ring (bicyclic) bond motifs is 1. The molecule has 2 aromatic carbocycles. The Hall–Kier alpha value is -2.25. The van der Waals surface area contributed by atoms with Crippen molar-refractivity contribution in [2.75, 3.05) is 6.26 Å². The Kier molecular flexibility index (Phi) is 2.98. The lowest BCUT2D eigenvalue weighted by Crippen LogP contribution is -1.79. The highest BCUT2D eigenvalue weighted by atomic mass is 32.2. The molecule has 0 saturated carbocycles. The van der Waals surface area contributed by atoms with Gasteiger partial charge in [-0.25, -0.2) is 4.98 Å². The molecule has 1 heterocycles. The van der Waals surface area contributed by atoms with Crippen molar-refractivity contribution in [3.05, 3.63) is 48.0 Å². The Bertz CT molecular complexity index is 766. The number of rotatable bonds is 2. The molecule has 3 aromatic rings. The third kappa shape index (κ3) is 2.20. The molecule has 19 heavy (non-hydrogen) atoms. The lowest BCUT2D eigenvalue weighted by molar-refractivity contribution is 1.32. The minimum Gasteiger partial charge on any atom is -0.338 e. The van der Waals surface area contributed by atoms with Gasteiger partial charge in [0.25, 0.3) is 0 Å². The van der Waals surface area contributed by atoms with E-state index in [1.807, 2.05) is 12.1 Å². The van der Waals surface area contributed by atoms with E-state index < -0.39 is 0 Å². The number of imidazole rings is 1. The fourth-order valence-electron chi connectivity index (χ4n) is 1.96. The van der Waals surface area contributed by atoms with Crippen molar-refractivity contribution in [1.82, 2.24) is 9.97 Å². The van der Waals surface area contributed by atoms with E-state index in [0.717, 1.165) is 22.4 Å². The first-order valence-corrected chi connectivity index (χ1v) is 7.07. The molecule has 0 aliphatic heterocycles. The highest BCUT2D eigenvalue weighted by Gasteiger charge is 2.05. The zero-order valence-corrected chi connectivity index (χ0v) is 11.2. The maximum atomic E-state index is 8.89. The molecular formula is C15H11N3S. The van der Waals surface area contributed by atoms with Gasteiger partial charge in [0.05, 0.1) is 22.7 Å². The largest absolute Gasteiger partial charge is 0.338 e. The molecule has 4 heteroatoms. The summed E-state index contributed by atoms with van der Waals surface area (Å²) in [5, 5.41) is 8.89. The smallest absolute Gasteiger partial charge is 0.138 e. The quantitative estimate of drug-likeness (QED) is 0.716. The molecule has 0 aliphatic rings. The fraction of sp³-hybridized carbons (Fsp3) is 0.0667. The summed E-state index contributed by atoms with van der Waals surface area (Å²) < 4.78 is 0. The standard InChI is InChI=1S/C15H11N3S/c1-19-12-5-3-11(4-6-12)15-17-13-7-2-10(9-16)8-14(13)18-15/h2-8H,1H3,(H,17,18). The molecular weight excluding hydrogens is 254 g/mol. The number of benzene rings is 2. The Morgan fingerprint density at radius 1 is 1.16 bits per heavy atom. The molecule has 0 radical (unpaired) electrons. The Labute approximate surface area is 115 Å². The van der Waals surface area contributed by atoms with E-state index in [4.69, 9.17) is 5.26 Å². The molecule has 0 aliphatic carbocycles. The number of hydrogen-bond acceptors (Lipinski definition) is 3. The number of nitrogens with one attached hydrogen (secondary N) is 1. The van der Waals surface area contributed by atoms with Crippen LogP contribution in [0.5, 0.6) is 0 Å². The van der Waals surface area contributed by atoms with Crippen LogP contribution in [0.2, 0.25) is 0 Å². The van der Waals surface area contributed by atoms with Crippen LogP contribution in [-0.4, -0.2) is 16.2 Å². The van der Waals surface area contributed by atoms with Crippen molar-refractivity contribution in [2.24, 2.45) is 0 Å². The van der Waals surface area contributed by atoms with Crippen molar-refractivity contribution in [1.29, 1.82) is 5.26 Å². The number of aromatic nitrogens is 2. The molecule has 1 N–H and O–H groups in total. The van der Waals surface area contributed by atoms with Crippen LogP contribution < -0.4 is 0 Å². The van der Waals surface area contributed by atoms with E-state index in [-0.39, 0.29) is 0 Å². The average Bonchev–Trinajstić information content (AvgIpc) is 2.90. The van der Waals surface area contributed by atoms with Gasteiger partial charge in [0.1, 0.15) is 5.82 Å². The second-order valence-electron chi connectivity index (χ2n) is 4.16. The summed E-state index contributed by atoms with van der Waals surface area (Å²) in [7, 11) is 0. The molecule has 0 bridgehead atoms. The van der Waals surface area contributed by atoms with Crippen LogP contribution in [0.3, 0.4) is 0 Å². The summed E-state index contributed by atoms with van der Waals surface area (Å²) >= 11 is 1.72. The van der Waals surface area contributed by atoms with Gasteiger partial charge in [0.2, 0.25) is 0 Å². The van der Waals surface area contributed by atoms with Gasteiger partial charge in [-0.1, -0.05) is 12.1 Å². The predicted octanol–water partition coefficient (Wildman–Crippen LogP) is 3.82. The van der Waals surface area contributed by atoms with E-state index in [1.165, 1.54) is 4.90 Å². The summed E-state index contributed by atoms with van der Waals surface area (Å²) in [5.74, 6) is 0.831. The predicted molar refractivity (Wildman–Crippen MR) is 78.0 cm³/mol. The summed E-state index contributed by atoms with van der Waals surface area (Å²) in [6.07, 6.45) is 2.06. The van der Waals surface area contributed by atoms with Crippen molar-refractivity contribution < 1.29 is 0 Å². The highest BCUT2D eigenvalue weighted by Crippen LogP contribution is 2.23. The number of nitrogens with zero attached hydrogens (tertiary/aromatic N) is 2. The van der Waals surface area contributed by atoms with Crippen LogP contribution in [0.1, 0.15) is 5.56 Å². The van der Waals surface area contributed by atoms with Gasteiger partial charge in [-0.15, -0.1) is 11.8 Å². The van der Waals surface area contributed by atoms with E-state index in [2.05, 4.69) is 46.6 Å². The van der Waals surface area contributed by atoms with Gasteiger partial charge >= 0.3 is 0 Å². The number of thioether (sulfide) groups is 1. The number of H-pyrrole nitrogens is 1. The molecule has 3 rings (SSSR count). The third-order valence-electron chi connectivity index (χ3n) is 2.97. The second kappa shape index (κ2) is 4.79. The maximum absolute atomic E-state index is 8.89. The monoisotopic (exact) mass is 265 g/mol. The zero-order chi connectivity index (χ0) is 13.2. The molecule has 0 fully saturated rings. The first-order chi connectivity index (χ1) is 9.30. The summed E-state index contributed by atoms with van der Waals surface area (Å²) in [6, 6.07) is 15.9. The number of nitriles is 1. The van der Waals surface area contributed by atoms with E-state index in [1.54, 1.807) is 17.8 Å². The van der Waals surface area contributed by atoms with Crippen LogP contribution in [0.25, 0.3) is 22.4 Å². The third-order valence-corrected chi connectivity index (χ3v) is 3.72. The first kappa shape index (κ1) is 11.8. The molecule has 92 valence electrons. The SMILES string of the molecule is CSc1ccc(-c2nc3ccc(C#N)cc3[nH]2)cc1. The maximum Gasteiger partial charge on any atom is 0.138 e. The molecule has 0 unspecified atom stereocenters. The normalized spacial score (nSPS) is 10.5. The minimum absolute atomic E-state index is 0.639. The van der Waals surface area contributed by atoms with E-state index >= 15 is 0 Å². The Balaban J connectivity index is 2.07.